The number of amides is 2. The smallest absolute Gasteiger partial charge is 0.271 e. The highest BCUT2D eigenvalue weighted by atomic mass is 19.1. The second kappa shape index (κ2) is 10.8. The quantitative estimate of drug-likeness (QED) is 0.400. The second-order valence-corrected chi connectivity index (χ2v) is 6.70. The topological polar surface area (TPSA) is 98.2 Å². The van der Waals surface area contributed by atoms with Gasteiger partial charge in [0.25, 0.3) is 11.8 Å². The van der Waals surface area contributed by atoms with Crippen molar-refractivity contribution in [3.63, 3.8) is 0 Å². The van der Waals surface area contributed by atoms with Crippen LogP contribution >= 0.6 is 0 Å². The maximum absolute atomic E-state index is 13.0. The lowest BCUT2D eigenvalue weighted by Gasteiger charge is -2.12. The van der Waals surface area contributed by atoms with E-state index in [4.69, 9.17) is 14.2 Å². The minimum absolute atomic E-state index is 0.286. The van der Waals surface area contributed by atoms with Crippen LogP contribution in [0, 0.1) is 5.82 Å². The number of methoxy groups -OCH3 is 3. The molecule has 0 aliphatic carbocycles. The summed E-state index contributed by atoms with van der Waals surface area (Å²) < 4.78 is 28.9. The molecule has 8 nitrogen and oxygen atoms in total. The first-order chi connectivity index (χ1) is 15.9. The summed E-state index contributed by atoms with van der Waals surface area (Å²) in [6, 6.07) is 14.9. The van der Waals surface area contributed by atoms with Gasteiger partial charge in [0, 0.05) is 22.4 Å². The van der Waals surface area contributed by atoms with Crippen molar-refractivity contribution in [3.8, 4) is 17.2 Å². The fourth-order valence-electron chi connectivity index (χ4n) is 2.95. The van der Waals surface area contributed by atoms with Gasteiger partial charge in [0.1, 0.15) is 5.82 Å². The van der Waals surface area contributed by atoms with Crippen molar-refractivity contribution in [2.45, 2.75) is 0 Å². The molecule has 0 bridgehead atoms. The lowest BCUT2D eigenvalue weighted by molar-refractivity contribution is 0.0953. The molecular weight excluding hydrogens is 429 g/mol. The Hall–Kier alpha value is -4.40. The van der Waals surface area contributed by atoms with Gasteiger partial charge in [-0.1, -0.05) is 6.07 Å². The first-order valence-electron chi connectivity index (χ1n) is 9.75. The lowest BCUT2D eigenvalue weighted by atomic mass is 10.1. The van der Waals surface area contributed by atoms with Gasteiger partial charge in [-0.05, 0) is 54.6 Å². The molecule has 0 atom stereocenters. The number of carbonyl (C=O) groups is 2. The first-order valence-corrected chi connectivity index (χ1v) is 9.75. The molecule has 170 valence electrons. The molecule has 2 N–H and O–H groups in total. The predicted octanol–water partition coefficient (Wildman–Crippen LogP) is 3.87. The molecule has 0 spiro atoms. The van der Waals surface area contributed by atoms with Crippen LogP contribution in [0.4, 0.5) is 10.1 Å². The molecule has 3 aromatic carbocycles. The fraction of sp³-hybridized carbons (Fsp3) is 0.125. The molecule has 0 fully saturated rings. The number of hydrazone groups is 1. The van der Waals surface area contributed by atoms with Crippen LogP contribution in [0.1, 0.15) is 26.3 Å². The van der Waals surface area contributed by atoms with Gasteiger partial charge in [0.15, 0.2) is 11.5 Å². The molecule has 0 aromatic heterocycles. The summed E-state index contributed by atoms with van der Waals surface area (Å²) >= 11 is 0. The largest absolute Gasteiger partial charge is 0.493 e. The average molecular weight is 451 g/mol. The number of halogens is 1. The summed E-state index contributed by atoms with van der Waals surface area (Å²) in [7, 11) is 4.51. The summed E-state index contributed by atoms with van der Waals surface area (Å²) in [6.45, 7) is 0. The second-order valence-electron chi connectivity index (χ2n) is 6.70. The van der Waals surface area contributed by atoms with Crippen molar-refractivity contribution in [1.29, 1.82) is 0 Å². The van der Waals surface area contributed by atoms with E-state index in [9.17, 15) is 14.0 Å². The number of carbonyl (C=O) groups excluding carboxylic acids is 2. The average Bonchev–Trinajstić information content (AvgIpc) is 2.83. The molecule has 9 heteroatoms. The number of anilines is 1. The van der Waals surface area contributed by atoms with Gasteiger partial charge < -0.3 is 19.5 Å². The molecule has 0 radical (unpaired) electrons. The van der Waals surface area contributed by atoms with Crippen LogP contribution in [0.3, 0.4) is 0 Å². The normalized spacial score (nSPS) is 10.5. The third-order valence-electron chi connectivity index (χ3n) is 4.56. The maximum atomic E-state index is 13.0. The Labute approximate surface area is 190 Å². The molecule has 0 saturated heterocycles. The van der Waals surface area contributed by atoms with Crippen LogP contribution in [-0.4, -0.2) is 39.4 Å². The van der Waals surface area contributed by atoms with Gasteiger partial charge in [0.2, 0.25) is 5.75 Å². The minimum Gasteiger partial charge on any atom is -0.493 e. The number of ether oxygens (including phenoxy) is 3. The zero-order valence-corrected chi connectivity index (χ0v) is 18.2. The van der Waals surface area contributed by atoms with Crippen molar-refractivity contribution >= 4 is 23.7 Å². The first kappa shape index (κ1) is 23.3. The summed E-state index contributed by atoms with van der Waals surface area (Å²) in [5.41, 5.74) is 4.04. The van der Waals surface area contributed by atoms with Crippen molar-refractivity contribution in [3.05, 3.63) is 83.2 Å². The Morgan fingerprint density at radius 1 is 0.848 bits per heavy atom. The van der Waals surface area contributed by atoms with Gasteiger partial charge in [-0.2, -0.15) is 5.10 Å². The van der Waals surface area contributed by atoms with Gasteiger partial charge in [-0.25, -0.2) is 9.82 Å². The number of hydrogen-bond acceptors (Lipinski definition) is 6. The molecule has 3 rings (SSSR count). The Balaban J connectivity index is 1.68. The number of benzene rings is 3. The Kier molecular flexibility index (Phi) is 7.59. The van der Waals surface area contributed by atoms with Crippen LogP contribution in [0.15, 0.2) is 65.8 Å². The molecular formula is C24H22FN3O5. The van der Waals surface area contributed by atoms with E-state index >= 15 is 0 Å². The highest BCUT2D eigenvalue weighted by Gasteiger charge is 2.13. The minimum atomic E-state index is -0.475. The van der Waals surface area contributed by atoms with Gasteiger partial charge in [-0.3, -0.25) is 9.59 Å². The van der Waals surface area contributed by atoms with E-state index in [0.717, 1.165) is 0 Å². The molecule has 33 heavy (non-hydrogen) atoms. The van der Waals surface area contributed by atoms with Crippen molar-refractivity contribution < 1.29 is 28.2 Å². The summed E-state index contributed by atoms with van der Waals surface area (Å²) in [5, 5.41) is 6.64. The Morgan fingerprint density at radius 3 is 2.12 bits per heavy atom. The molecule has 0 heterocycles. The number of nitrogens with one attached hydrogen (secondary N) is 2. The van der Waals surface area contributed by atoms with Crippen molar-refractivity contribution in [2.75, 3.05) is 26.6 Å². The molecule has 2 amide bonds. The highest BCUT2D eigenvalue weighted by molar-refractivity contribution is 6.05. The zero-order chi connectivity index (χ0) is 23.8. The van der Waals surface area contributed by atoms with E-state index in [1.807, 2.05) is 0 Å². The summed E-state index contributed by atoms with van der Waals surface area (Å²) in [4.78, 5) is 24.8. The summed E-state index contributed by atoms with van der Waals surface area (Å²) in [5.74, 6) is 0.0194. The van der Waals surface area contributed by atoms with Crippen molar-refractivity contribution in [2.24, 2.45) is 5.10 Å². The van der Waals surface area contributed by atoms with Gasteiger partial charge in [-0.15, -0.1) is 0 Å². The van der Waals surface area contributed by atoms with E-state index in [0.29, 0.717) is 34.1 Å². The lowest BCUT2D eigenvalue weighted by Crippen LogP contribution is -2.18. The molecule has 0 saturated carbocycles. The highest BCUT2D eigenvalue weighted by Crippen LogP contribution is 2.37. The van der Waals surface area contributed by atoms with Crippen LogP contribution in [-0.2, 0) is 0 Å². The molecule has 0 aliphatic heterocycles. The standard InChI is InChI=1S/C24H22FN3O5/c1-31-20-11-15(12-21(32-2)22(20)33-3)14-26-28-24(30)17-5-4-6-19(13-17)27-23(29)16-7-9-18(25)10-8-16/h4-14H,1-3H3,(H,27,29)(H,28,30)/b26-14+. The van der Waals surface area contributed by atoms with Gasteiger partial charge in [0.05, 0.1) is 27.5 Å². The molecule has 0 unspecified atom stereocenters. The van der Waals surface area contributed by atoms with E-state index in [2.05, 4.69) is 15.8 Å². The van der Waals surface area contributed by atoms with Gasteiger partial charge >= 0.3 is 0 Å². The fourth-order valence-corrected chi connectivity index (χ4v) is 2.95. The third kappa shape index (κ3) is 5.85. The van der Waals surface area contributed by atoms with Crippen LogP contribution < -0.4 is 25.0 Å². The monoisotopic (exact) mass is 451 g/mol. The number of hydrogen-bond donors (Lipinski definition) is 2. The third-order valence-corrected chi connectivity index (χ3v) is 4.56. The van der Waals surface area contributed by atoms with E-state index in [-0.39, 0.29) is 5.56 Å². The maximum Gasteiger partial charge on any atom is 0.271 e. The van der Waals surface area contributed by atoms with E-state index < -0.39 is 17.6 Å². The van der Waals surface area contributed by atoms with E-state index in [1.165, 1.54) is 57.9 Å². The predicted molar refractivity (Wildman–Crippen MR) is 122 cm³/mol. The SMILES string of the molecule is COc1cc(/C=N/NC(=O)c2cccc(NC(=O)c3ccc(F)cc3)c2)cc(OC)c1OC. The number of rotatable bonds is 8. The summed E-state index contributed by atoms with van der Waals surface area (Å²) in [6.07, 6.45) is 1.43. The van der Waals surface area contributed by atoms with Crippen LogP contribution in [0.2, 0.25) is 0 Å². The zero-order valence-electron chi connectivity index (χ0n) is 18.2. The molecule has 0 aliphatic rings. The van der Waals surface area contributed by atoms with Crippen LogP contribution in [0.5, 0.6) is 17.2 Å². The Morgan fingerprint density at radius 2 is 1.52 bits per heavy atom. The van der Waals surface area contributed by atoms with Crippen LogP contribution in [0.25, 0.3) is 0 Å². The number of nitrogens with zero attached hydrogens (tertiary/aromatic N) is 1. The molecule has 3 aromatic rings. The Bertz CT molecular complexity index is 1150. The van der Waals surface area contributed by atoms with Crippen molar-refractivity contribution in [1.82, 2.24) is 5.43 Å². The van der Waals surface area contributed by atoms with E-state index in [1.54, 1.807) is 30.3 Å².